The van der Waals surface area contributed by atoms with Crippen LogP contribution in [-0.2, 0) is 9.53 Å². The molecule has 0 radical (unpaired) electrons. The predicted molar refractivity (Wildman–Crippen MR) is 83.6 cm³/mol. The average molecular weight is 334 g/mol. The van der Waals surface area contributed by atoms with Gasteiger partial charge in [0, 0.05) is 5.25 Å². The quantitative estimate of drug-likeness (QED) is 0.633. The lowest BCUT2D eigenvalue weighted by Crippen LogP contribution is -2.50. The zero-order chi connectivity index (χ0) is 14.6. The van der Waals surface area contributed by atoms with Gasteiger partial charge in [-0.25, -0.2) is 0 Å². The molecule has 0 aromatic carbocycles. The van der Waals surface area contributed by atoms with Gasteiger partial charge in [-0.1, -0.05) is 41.8 Å². The lowest BCUT2D eigenvalue weighted by molar-refractivity contribution is -0.148. The average Bonchev–Trinajstić information content (AvgIpc) is 3.07. The van der Waals surface area contributed by atoms with Crippen molar-refractivity contribution in [2.75, 3.05) is 19.9 Å². The normalized spacial score (nSPS) is 25.9. The van der Waals surface area contributed by atoms with E-state index in [1.807, 2.05) is 13.2 Å². The fraction of sp³-hybridized carbons (Fsp3) is 0.750. The standard InChI is InChI=1S/C12H19N3O2S3/c1-4-13-12(9(16)17-2)6-5-8(7-12)19-11-15-14-10(18-3)20-11/h8,13H,4-7H2,1-3H3. The maximum absolute atomic E-state index is 12.1. The highest BCUT2D eigenvalue weighted by molar-refractivity contribution is 8.03. The summed E-state index contributed by atoms with van der Waals surface area (Å²) in [5.74, 6) is -0.149. The van der Waals surface area contributed by atoms with Crippen molar-refractivity contribution in [3.63, 3.8) is 0 Å². The van der Waals surface area contributed by atoms with E-state index in [4.69, 9.17) is 4.74 Å². The summed E-state index contributed by atoms with van der Waals surface area (Å²) in [6, 6.07) is 0. The Morgan fingerprint density at radius 1 is 1.55 bits per heavy atom. The molecule has 1 heterocycles. The molecular formula is C12H19N3O2S3. The van der Waals surface area contributed by atoms with Crippen LogP contribution in [0, 0.1) is 0 Å². The van der Waals surface area contributed by atoms with Gasteiger partial charge in [0.05, 0.1) is 7.11 Å². The van der Waals surface area contributed by atoms with Gasteiger partial charge in [0.25, 0.3) is 0 Å². The summed E-state index contributed by atoms with van der Waals surface area (Å²) in [4.78, 5) is 12.1. The fourth-order valence-electron chi connectivity index (χ4n) is 2.52. The molecule has 2 rings (SSSR count). The summed E-state index contributed by atoms with van der Waals surface area (Å²) in [5, 5.41) is 12.0. The van der Waals surface area contributed by atoms with Gasteiger partial charge in [0.1, 0.15) is 5.54 Å². The maximum atomic E-state index is 12.1. The molecule has 0 spiro atoms. The molecule has 1 saturated carbocycles. The van der Waals surface area contributed by atoms with Crippen molar-refractivity contribution in [2.45, 2.75) is 45.7 Å². The Labute approximate surface area is 131 Å². The first-order chi connectivity index (χ1) is 9.63. The van der Waals surface area contributed by atoms with Crippen molar-refractivity contribution in [2.24, 2.45) is 0 Å². The molecule has 0 amide bonds. The van der Waals surface area contributed by atoms with Crippen molar-refractivity contribution in [1.82, 2.24) is 15.5 Å². The van der Waals surface area contributed by atoms with E-state index in [1.165, 1.54) is 7.11 Å². The molecule has 0 saturated heterocycles. The zero-order valence-electron chi connectivity index (χ0n) is 11.8. The van der Waals surface area contributed by atoms with Gasteiger partial charge in [0.15, 0.2) is 8.68 Å². The van der Waals surface area contributed by atoms with E-state index in [1.54, 1.807) is 34.9 Å². The third-order valence-electron chi connectivity index (χ3n) is 3.39. The topological polar surface area (TPSA) is 64.1 Å². The molecule has 112 valence electrons. The van der Waals surface area contributed by atoms with Gasteiger partial charge < -0.3 is 10.1 Å². The summed E-state index contributed by atoms with van der Waals surface area (Å²) in [5.41, 5.74) is -0.520. The van der Waals surface area contributed by atoms with Crippen LogP contribution in [0.5, 0.6) is 0 Å². The minimum atomic E-state index is -0.520. The van der Waals surface area contributed by atoms with Crippen molar-refractivity contribution in [3.05, 3.63) is 0 Å². The van der Waals surface area contributed by atoms with Crippen LogP contribution in [-0.4, -0.2) is 46.9 Å². The Morgan fingerprint density at radius 3 is 2.90 bits per heavy atom. The lowest BCUT2D eigenvalue weighted by atomic mass is 9.98. The first-order valence-corrected chi connectivity index (χ1v) is 9.43. The van der Waals surface area contributed by atoms with Crippen molar-refractivity contribution < 1.29 is 9.53 Å². The Hall–Kier alpha value is -0.310. The number of carbonyl (C=O) groups excluding carboxylic acids is 1. The molecule has 20 heavy (non-hydrogen) atoms. The molecule has 5 nitrogen and oxygen atoms in total. The Bertz CT molecular complexity index is 469. The molecular weight excluding hydrogens is 314 g/mol. The van der Waals surface area contributed by atoms with Gasteiger partial charge in [-0.05, 0) is 32.1 Å². The minimum Gasteiger partial charge on any atom is -0.468 e. The number of aromatic nitrogens is 2. The van der Waals surface area contributed by atoms with Crippen LogP contribution in [0.1, 0.15) is 26.2 Å². The van der Waals surface area contributed by atoms with Crippen LogP contribution in [0.4, 0.5) is 0 Å². The Morgan fingerprint density at radius 2 is 2.30 bits per heavy atom. The number of hydrogen-bond donors (Lipinski definition) is 1. The highest BCUT2D eigenvalue weighted by Gasteiger charge is 2.46. The Kier molecular flexibility index (Phi) is 5.71. The molecule has 1 aromatic heterocycles. The summed E-state index contributed by atoms with van der Waals surface area (Å²) in [7, 11) is 1.46. The van der Waals surface area contributed by atoms with E-state index in [2.05, 4.69) is 15.5 Å². The number of thioether (sulfide) groups is 2. The number of carbonyl (C=O) groups is 1. The number of nitrogens with one attached hydrogen (secondary N) is 1. The van der Waals surface area contributed by atoms with Gasteiger partial charge >= 0.3 is 5.97 Å². The second-order valence-electron chi connectivity index (χ2n) is 4.62. The molecule has 1 aliphatic carbocycles. The predicted octanol–water partition coefficient (Wildman–Crippen LogP) is 2.43. The molecule has 1 aromatic rings. The van der Waals surface area contributed by atoms with Gasteiger partial charge in [0.2, 0.25) is 0 Å². The zero-order valence-corrected chi connectivity index (χ0v) is 14.3. The third kappa shape index (κ3) is 3.47. The number of nitrogens with zero attached hydrogens (tertiary/aromatic N) is 2. The fourth-order valence-corrected chi connectivity index (χ4v) is 5.50. The molecule has 2 unspecified atom stereocenters. The molecule has 0 bridgehead atoms. The number of hydrogen-bond acceptors (Lipinski definition) is 8. The molecule has 0 aliphatic heterocycles. The number of methoxy groups -OCH3 is 1. The minimum absolute atomic E-state index is 0.149. The summed E-state index contributed by atoms with van der Waals surface area (Å²) < 4.78 is 6.94. The van der Waals surface area contributed by atoms with E-state index in [0.717, 1.165) is 34.5 Å². The maximum Gasteiger partial charge on any atom is 0.326 e. The summed E-state index contributed by atoms with van der Waals surface area (Å²) in [6.45, 7) is 2.78. The molecule has 8 heteroatoms. The molecule has 1 aliphatic rings. The van der Waals surface area contributed by atoms with Crippen LogP contribution >= 0.6 is 34.9 Å². The highest BCUT2D eigenvalue weighted by atomic mass is 32.2. The number of ether oxygens (including phenoxy) is 1. The first-order valence-electron chi connectivity index (χ1n) is 6.51. The van der Waals surface area contributed by atoms with E-state index in [-0.39, 0.29) is 5.97 Å². The second-order valence-corrected chi connectivity index (χ2v) is 8.20. The molecule has 1 fully saturated rings. The first kappa shape index (κ1) is 16.1. The SMILES string of the molecule is CCNC1(C(=O)OC)CCC(Sc2nnc(SC)s2)C1. The van der Waals surface area contributed by atoms with Crippen LogP contribution < -0.4 is 5.32 Å². The van der Waals surface area contributed by atoms with E-state index in [9.17, 15) is 4.79 Å². The number of esters is 1. The van der Waals surface area contributed by atoms with Gasteiger partial charge in [-0.15, -0.1) is 10.2 Å². The van der Waals surface area contributed by atoms with Crippen molar-refractivity contribution in [3.8, 4) is 0 Å². The van der Waals surface area contributed by atoms with Crippen molar-refractivity contribution in [1.29, 1.82) is 0 Å². The van der Waals surface area contributed by atoms with Gasteiger partial charge in [-0.3, -0.25) is 4.79 Å². The van der Waals surface area contributed by atoms with Crippen LogP contribution in [0.3, 0.4) is 0 Å². The van der Waals surface area contributed by atoms with Crippen LogP contribution in [0.15, 0.2) is 8.68 Å². The largest absolute Gasteiger partial charge is 0.468 e. The Balaban J connectivity index is 2.00. The van der Waals surface area contributed by atoms with E-state index >= 15 is 0 Å². The summed E-state index contributed by atoms with van der Waals surface area (Å²) in [6.07, 6.45) is 4.59. The second kappa shape index (κ2) is 7.11. The third-order valence-corrected chi connectivity index (χ3v) is 6.64. The smallest absolute Gasteiger partial charge is 0.326 e. The van der Waals surface area contributed by atoms with Crippen LogP contribution in [0.2, 0.25) is 0 Å². The van der Waals surface area contributed by atoms with E-state index in [0.29, 0.717) is 5.25 Å². The monoisotopic (exact) mass is 333 g/mol. The lowest BCUT2D eigenvalue weighted by Gasteiger charge is -2.27. The van der Waals surface area contributed by atoms with Gasteiger partial charge in [-0.2, -0.15) is 0 Å². The highest BCUT2D eigenvalue weighted by Crippen LogP contribution is 2.42. The number of rotatable bonds is 6. The van der Waals surface area contributed by atoms with E-state index < -0.39 is 5.54 Å². The summed E-state index contributed by atoms with van der Waals surface area (Å²) >= 11 is 4.95. The molecule has 2 atom stereocenters. The van der Waals surface area contributed by atoms with Crippen LogP contribution in [0.25, 0.3) is 0 Å². The van der Waals surface area contributed by atoms with Crippen molar-refractivity contribution >= 4 is 40.8 Å². The molecule has 1 N–H and O–H groups in total. The number of likely N-dealkylation sites (N-methyl/N-ethyl adjacent to an activating group) is 1.